The molecule has 2 amide bonds. The van der Waals surface area contributed by atoms with Crippen LogP contribution in [-0.4, -0.2) is 49.6 Å². The quantitative estimate of drug-likeness (QED) is 0.274. The monoisotopic (exact) mass is 572 g/mol. The fourth-order valence-electron chi connectivity index (χ4n) is 3.92. The van der Waals surface area contributed by atoms with E-state index < -0.39 is 6.04 Å². The van der Waals surface area contributed by atoms with Gasteiger partial charge in [0.15, 0.2) is 6.61 Å². The van der Waals surface area contributed by atoms with Gasteiger partial charge < -0.3 is 24.4 Å². The molecule has 39 heavy (non-hydrogen) atoms. The smallest absolute Gasteiger partial charge is 0.261 e. The van der Waals surface area contributed by atoms with Crippen LogP contribution >= 0.6 is 23.2 Å². The fraction of sp³-hybridized carbons (Fsp3) is 0.333. The molecule has 0 spiro atoms. The summed E-state index contributed by atoms with van der Waals surface area (Å²) in [5, 5.41) is 3.81. The van der Waals surface area contributed by atoms with Crippen LogP contribution in [0.1, 0.15) is 31.4 Å². The molecule has 7 nitrogen and oxygen atoms in total. The second kappa shape index (κ2) is 14.7. The number of amides is 2. The van der Waals surface area contributed by atoms with E-state index in [1.54, 1.807) is 36.4 Å². The lowest BCUT2D eigenvalue weighted by atomic mass is 10.0. The number of ether oxygens (including phenoxy) is 3. The predicted octanol–water partition coefficient (Wildman–Crippen LogP) is 5.94. The molecule has 0 aliphatic carbocycles. The van der Waals surface area contributed by atoms with Gasteiger partial charge in [-0.15, -0.1) is 0 Å². The highest BCUT2D eigenvalue weighted by Crippen LogP contribution is 2.28. The topological polar surface area (TPSA) is 77.1 Å². The first-order valence-corrected chi connectivity index (χ1v) is 13.4. The van der Waals surface area contributed by atoms with Crippen molar-refractivity contribution in [1.29, 1.82) is 0 Å². The molecule has 0 radical (unpaired) electrons. The number of carbonyl (C=O) groups excluding carboxylic acids is 2. The Morgan fingerprint density at radius 3 is 2.10 bits per heavy atom. The number of nitrogens with one attached hydrogen (secondary N) is 1. The van der Waals surface area contributed by atoms with E-state index in [-0.39, 0.29) is 31.0 Å². The third-order valence-corrected chi connectivity index (χ3v) is 7.04. The van der Waals surface area contributed by atoms with Gasteiger partial charge in [-0.25, -0.2) is 0 Å². The maximum atomic E-state index is 13.8. The van der Waals surface area contributed by atoms with Gasteiger partial charge in [-0.1, -0.05) is 66.5 Å². The van der Waals surface area contributed by atoms with Crippen LogP contribution in [0.25, 0.3) is 0 Å². The Morgan fingerprint density at radius 2 is 1.51 bits per heavy atom. The molecule has 0 saturated heterocycles. The molecule has 0 bridgehead atoms. The van der Waals surface area contributed by atoms with E-state index >= 15 is 0 Å². The number of benzene rings is 3. The number of hydrogen-bond donors (Lipinski definition) is 1. The standard InChI is InChI=1S/C30H34Cl2N2O5/c1-5-20(2)33-30(36)28(14-21-9-7-6-8-10-21)34(18-22-11-12-26(31)27(32)13-22)29(35)19-39-25-16-23(37-3)15-24(17-25)38-4/h6-13,15-17,20,28H,5,14,18-19H2,1-4H3,(H,33,36)/t20-,28+/m0/s1. The van der Waals surface area contributed by atoms with Gasteiger partial charge in [-0.05, 0) is 36.6 Å². The van der Waals surface area contributed by atoms with Gasteiger partial charge in [0.2, 0.25) is 5.91 Å². The molecule has 9 heteroatoms. The molecule has 0 fully saturated rings. The van der Waals surface area contributed by atoms with Crippen molar-refractivity contribution in [2.45, 2.75) is 45.3 Å². The van der Waals surface area contributed by atoms with Gasteiger partial charge in [0.25, 0.3) is 5.91 Å². The second-order valence-electron chi connectivity index (χ2n) is 9.13. The largest absolute Gasteiger partial charge is 0.496 e. The third-order valence-electron chi connectivity index (χ3n) is 6.30. The first kappa shape index (κ1) is 30.1. The summed E-state index contributed by atoms with van der Waals surface area (Å²) in [5.74, 6) is 0.837. The van der Waals surface area contributed by atoms with E-state index in [0.717, 1.165) is 17.5 Å². The van der Waals surface area contributed by atoms with Crippen molar-refractivity contribution in [2.24, 2.45) is 0 Å². The van der Waals surface area contributed by atoms with Crippen LogP contribution < -0.4 is 19.5 Å². The molecule has 0 aliphatic rings. The molecule has 0 saturated carbocycles. The Balaban J connectivity index is 1.95. The lowest BCUT2D eigenvalue weighted by Gasteiger charge is -2.32. The average molecular weight is 574 g/mol. The van der Waals surface area contributed by atoms with Gasteiger partial charge >= 0.3 is 0 Å². The van der Waals surface area contributed by atoms with Gasteiger partial charge in [0, 0.05) is 37.2 Å². The van der Waals surface area contributed by atoms with Gasteiger partial charge in [0.1, 0.15) is 23.3 Å². The molecule has 3 aromatic rings. The van der Waals surface area contributed by atoms with Crippen LogP contribution in [0.3, 0.4) is 0 Å². The van der Waals surface area contributed by atoms with Crippen LogP contribution in [0.5, 0.6) is 17.2 Å². The van der Waals surface area contributed by atoms with Gasteiger partial charge in [0.05, 0.1) is 24.3 Å². The Morgan fingerprint density at radius 1 is 0.872 bits per heavy atom. The van der Waals surface area contributed by atoms with Crippen LogP contribution in [0.4, 0.5) is 0 Å². The number of hydrogen-bond acceptors (Lipinski definition) is 5. The summed E-state index contributed by atoms with van der Waals surface area (Å²) in [4.78, 5) is 28.9. The molecule has 0 aromatic heterocycles. The molecule has 3 rings (SSSR count). The maximum absolute atomic E-state index is 13.8. The molecule has 208 valence electrons. The lowest BCUT2D eigenvalue weighted by molar-refractivity contribution is -0.143. The number of carbonyl (C=O) groups is 2. The minimum atomic E-state index is -0.799. The summed E-state index contributed by atoms with van der Waals surface area (Å²) in [6, 6.07) is 18.9. The Labute approximate surface area is 240 Å². The molecule has 1 N–H and O–H groups in total. The highest BCUT2D eigenvalue weighted by atomic mass is 35.5. The van der Waals surface area contributed by atoms with Crippen molar-refractivity contribution in [2.75, 3.05) is 20.8 Å². The van der Waals surface area contributed by atoms with Crippen molar-refractivity contribution in [1.82, 2.24) is 10.2 Å². The first-order valence-electron chi connectivity index (χ1n) is 12.7. The number of halogens is 2. The summed E-state index contributed by atoms with van der Waals surface area (Å²) < 4.78 is 16.5. The lowest BCUT2D eigenvalue weighted by Crippen LogP contribution is -2.53. The SMILES string of the molecule is CC[C@H](C)NC(=O)[C@@H](Cc1ccccc1)N(Cc1ccc(Cl)c(Cl)c1)C(=O)COc1cc(OC)cc(OC)c1. The summed E-state index contributed by atoms with van der Waals surface area (Å²) >= 11 is 12.4. The molecule has 0 aliphatic heterocycles. The van der Waals surface area contributed by atoms with Gasteiger partial charge in [-0.3, -0.25) is 9.59 Å². The van der Waals surface area contributed by atoms with Crippen LogP contribution in [0.15, 0.2) is 66.7 Å². The highest BCUT2D eigenvalue weighted by molar-refractivity contribution is 6.42. The fourth-order valence-corrected chi connectivity index (χ4v) is 4.24. The van der Waals surface area contributed by atoms with E-state index in [1.807, 2.05) is 44.2 Å². The van der Waals surface area contributed by atoms with E-state index in [1.165, 1.54) is 19.1 Å². The van der Waals surface area contributed by atoms with Crippen LogP contribution in [0, 0.1) is 0 Å². The minimum Gasteiger partial charge on any atom is -0.496 e. The molecule has 0 heterocycles. The van der Waals surface area contributed by atoms with Crippen molar-refractivity contribution < 1.29 is 23.8 Å². The van der Waals surface area contributed by atoms with E-state index in [9.17, 15) is 9.59 Å². The number of nitrogens with zero attached hydrogens (tertiary/aromatic N) is 1. The summed E-state index contributed by atoms with van der Waals surface area (Å²) in [5.41, 5.74) is 1.65. The normalized spacial score (nSPS) is 12.3. The van der Waals surface area contributed by atoms with Crippen molar-refractivity contribution >= 4 is 35.0 Å². The van der Waals surface area contributed by atoms with Crippen LogP contribution in [0.2, 0.25) is 10.0 Å². The zero-order valence-electron chi connectivity index (χ0n) is 22.6. The summed E-state index contributed by atoms with van der Waals surface area (Å²) in [7, 11) is 3.07. The van der Waals surface area contributed by atoms with Crippen LogP contribution in [-0.2, 0) is 22.6 Å². The first-order chi connectivity index (χ1) is 18.7. The van der Waals surface area contributed by atoms with Crippen molar-refractivity contribution in [3.05, 3.63) is 87.9 Å². The predicted molar refractivity (Wildman–Crippen MR) is 154 cm³/mol. The molecule has 0 unspecified atom stereocenters. The highest BCUT2D eigenvalue weighted by Gasteiger charge is 2.31. The van der Waals surface area contributed by atoms with Crippen molar-refractivity contribution in [3.8, 4) is 17.2 Å². The summed E-state index contributed by atoms with van der Waals surface area (Å²) in [6.45, 7) is 3.75. The second-order valence-corrected chi connectivity index (χ2v) is 9.94. The third kappa shape index (κ3) is 8.80. The Bertz CT molecular complexity index is 1230. The molecule has 3 aromatic carbocycles. The minimum absolute atomic E-state index is 0.0572. The zero-order valence-corrected chi connectivity index (χ0v) is 24.1. The Hall–Kier alpha value is -3.42. The molecular formula is C30H34Cl2N2O5. The van der Waals surface area contributed by atoms with Crippen molar-refractivity contribution in [3.63, 3.8) is 0 Å². The van der Waals surface area contributed by atoms with E-state index in [0.29, 0.717) is 33.7 Å². The van der Waals surface area contributed by atoms with Gasteiger partial charge in [-0.2, -0.15) is 0 Å². The molecule has 2 atom stereocenters. The number of methoxy groups -OCH3 is 2. The summed E-state index contributed by atoms with van der Waals surface area (Å²) in [6.07, 6.45) is 1.08. The number of rotatable bonds is 13. The van der Waals surface area contributed by atoms with E-state index in [4.69, 9.17) is 37.4 Å². The Kier molecular flexibility index (Phi) is 11.3. The average Bonchev–Trinajstić information content (AvgIpc) is 2.95. The van der Waals surface area contributed by atoms with E-state index in [2.05, 4.69) is 5.32 Å². The zero-order chi connectivity index (χ0) is 28.4. The molecular weight excluding hydrogens is 539 g/mol. The maximum Gasteiger partial charge on any atom is 0.261 e.